The van der Waals surface area contributed by atoms with E-state index >= 15 is 0 Å². The Morgan fingerprint density at radius 2 is 1.00 bits per heavy atom. The zero-order valence-electron chi connectivity index (χ0n) is 31.0. The lowest BCUT2D eigenvalue weighted by atomic mass is 9.99. The minimum atomic E-state index is -1.43. The van der Waals surface area contributed by atoms with E-state index in [1.807, 2.05) is 0 Å². The number of nitrogens with zero attached hydrogens (tertiary/aromatic N) is 1. The molecule has 0 amide bonds. The molecule has 47 heavy (non-hydrogen) atoms. The second-order valence-electron chi connectivity index (χ2n) is 15.0. The molecular formula is C38H76INO7. The quantitative estimate of drug-likeness (QED) is 0.0401. The van der Waals surface area contributed by atoms with Gasteiger partial charge in [0.25, 0.3) is 0 Å². The van der Waals surface area contributed by atoms with Gasteiger partial charge in [0.2, 0.25) is 0 Å². The Kier molecular flexibility index (Phi) is 30.7. The number of quaternary nitrogens is 1. The van der Waals surface area contributed by atoms with Crippen molar-refractivity contribution in [2.24, 2.45) is 0 Å². The minimum absolute atomic E-state index is 0. The van der Waals surface area contributed by atoms with Crippen molar-refractivity contribution in [1.82, 2.24) is 0 Å². The van der Waals surface area contributed by atoms with Crippen molar-refractivity contribution in [3.63, 3.8) is 0 Å². The van der Waals surface area contributed by atoms with Crippen LogP contribution in [0.4, 0.5) is 0 Å². The maximum atomic E-state index is 12.2. The first kappa shape index (κ1) is 47.0. The average molecular weight is 786 g/mol. The Bertz CT molecular complexity index is 708. The normalized spacial score (nSPS) is 21.5. The highest BCUT2D eigenvalue weighted by Crippen LogP contribution is 2.23. The summed E-state index contributed by atoms with van der Waals surface area (Å²) < 4.78 is 17.4. The van der Waals surface area contributed by atoms with Gasteiger partial charge in [-0.3, -0.25) is 4.79 Å². The number of aliphatic hydroxyl groups is 3. The first-order valence-corrected chi connectivity index (χ1v) is 19.4. The SMILES string of the molecule is CCCCCCCCCCCCCCCCCCCCCCCCCC(=O)OCC1OC(OCCC[N+](C)(C)C)C(O)C(O)C1O.[I-]. The van der Waals surface area contributed by atoms with Gasteiger partial charge in [0.1, 0.15) is 31.0 Å². The summed E-state index contributed by atoms with van der Waals surface area (Å²) >= 11 is 0. The Balaban J connectivity index is 0.0000212. The van der Waals surface area contributed by atoms with Crippen LogP contribution in [0.2, 0.25) is 0 Å². The molecular weight excluding hydrogens is 709 g/mol. The van der Waals surface area contributed by atoms with Gasteiger partial charge in [-0.15, -0.1) is 0 Å². The fourth-order valence-electron chi connectivity index (χ4n) is 6.23. The fraction of sp³-hybridized carbons (Fsp3) is 0.974. The first-order valence-electron chi connectivity index (χ1n) is 19.4. The second-order valence-corrected chi connectivity index (χ2v) is 15.0. The van der Waals surface area contributed by atoms with E-state index in [1.165, 1.54) is 128 Å². The van der Waals surface area contributed by atoms with Gasteiger partial charge in [0.15, 0.2) is 6.29 Å². The van der Waals surface area contributed by atoms with E-state index < -0.39 is 30.7 Å². The molecule has 0 radical (unpaired) electrons. The van der Waals surface area contributed by atoms with Gasteiger partial charge < -0.3 is 58.0 Å². The van der Waals surface area contributed by atoms with Crippen LogP contribution >= 0.6 is 0 Å². The lowest BCUT2D eigenvalue weighted by molar-refractivity contribution is -0.870. The number of halogens is 1. The zero-order valence-corrected chi connectivity index (χ0v) is 33.1. The largest absolute Gasteiger partial charge is 1.00 e. The predicted molar refractivity (Wildman–Crippen MR) is 188 cm³/mol. The van der Waals surface area contributed by atoms with E-state index in [-0.39, 0.29) is 36.6 Å². The number of aliphatic hydroxyl groups excluding tert-OH is 3. The summed E-state index contributed by atoms with van der Waals surface area (Å²) in [6, 6.07) is 0. The molecule has 0 aromatic rings. The van der Waals surface area contributed by atoms with Crippen molar-refractivity contribution in [3.05, 3.63) is 0 Å². The molecule has 0 spiro atoms. The van der Waals surface area contributed by atoms with Crippen LogP contribution in [0.5, 0.6) is 0 Å². The number of esters is 1. The molecule has 5 unspecified atom stereocenters. The van der Waals surface area contributed by atoms with Crippen molar-refractivity contribution < 1.29 is 62.8 Å². The third-order valence-electron chi connectivity index (χ3n) is 9.32. The summed E-state index contributed by atoms with van der Waals surface area (Å²) in [6.45, 7) is 3.34. The van der Waals surface area contributed by atoms with E-state index in [9.17, 15) is 20.1 Å². The Labute approximate surface area is 306 Å². The number of rotatable bonds is 31. The third-order valence-corrected chi connectivity index (χ3v) is 9.32. The monoisotopic (exact) mass is 785 g/mol. The number of hydrogen-bond donors (Lipinski definition) is 3. The van der Waals surface area contributed by atoms with Gasteiger partial charge in [0.05, 0.1) is 34.3 Å². The van der Waals surface area contributed by atoms with Crippen LogP contribution < -0.4 is 24.0 Å². The molecule has 1 aliphatic rings. The smallest absolute Gasteiger partial charge is 0.305 e. The minimum Gasteiger partial charge on any atom is -1.00 e. The van der Waals surface area contributed by atoms with Crippen LogP contribution in [0.15, 0.2) is 0 Å². The molecule has 3 N–H and O–H groups in total. The molecule has 1 saturated heterocycles. The van der Waals surface area contributed by atoms with E-state index in [1.54, 1.807) is 0 Å². The Morgan fingerprint density at radius 3 is 1.40 bits per heavy atom. The van der Waals surface area contributed by atoms with Crippen molar-refractivity contribution in [3.8, 4) is 0 Å². The Hall–Kier alpha value is -0.0400. The van der Waals surface area contributed by atoms with Crippen LogP contribution in [-0.4, -0.2) is 97.4 Å². The Morgan fingerprint density at radius 1 is 0.596 bits per heavy atom. The molecule has 282 valence electrons. The number of hydrogen-bond acceptors (Lipinski definition) is 7. The molecule has 0 bridgehead atoms. The number of unbranched alkanes of at least 4 members (excludes halogenated alkanes) is 22. The van der Waals surface area contributed by atoms with Gasteiger partial charge in [-0.05, 0) is 6.42 Å². The topological polar surface area (TPSA) is 105 Å². The van der Waals surface area contributed by atoms with Crippen molar-refractivity contribution in [2.45, 2.75) is 198 Å². The molecule has 1 aliphatic heterocycles. The van der Waals surface area contributed by atoms with Crippen LogP contribution in [0, 0.1) is 0 Å². The van der Waals surface area contributed by atoms with Crippen molar-refractivity contribution in [2.75, 3.05) is 40.9 Å². The number of ether oxygens (including phenoxy) is 3. The molecule has 0 saturated carbocycles. The molecule has 1 fully saturated rings. The highest BCUT2D eigenvalue weighted by molar-refractivity contribution is 5.69. The summed E-state index contributed by atoms with van der Waals surface area (Å²) in [7, 11) is 6.25. The number of carbonyl (C=O) groups excluding carboxylic acids is 1. The fourth-order valence-corrected chi connectivity index (χ4v) is 6.23. The maximum Gasteiger partial charge on any atom is 0.305 e. The molecule has 8 nitrogen and oxygen atoms in total. The lowest BCUT2D eigenvalue weighted by Gasteiger charge is -2.40. The number of carbonyl (C=O) groups is 1. The van der Waals surface area contributed by atoms with Gasteiger partial charge in [-0.2, -0.15) is 0 Å². The highest BCUT2D eigenvalue weighted by Gasteiger charge is 2.44. The summed E-state index contributed by atoms with van der Waals surface area (Å²) in [6.07, 6.45) is 25.7. The van der Waals surface area contributed by atoms with Crippen LogP contribution in [-0.2, 0) is 19.0 Å². The molecule has 0 aromatic heterocycles. The van der Waals surface area contributed by atoms with E-state index in [0.29, 0.717) is 13.0 Å². The summed E-state index contributed by atoms with van der Waals surface area (Å²) in [4.78, 5) is 12.2. The second kappa shape index (κ2) is 30.8. The van der Waals surface area contributed by atoms with E-state index in [2.05, 4.69) is 28.1 Å². The summed E-state index contributed by atoms with van der Waals surface area (Å²) in [5, 5.41) is 30.8. The third kappa shape index (κ3) is 26.4. The van der Waals surface area contributed by atoms with Crippen molar-refractivity contribution >= 4 is 5.97 Å². The predicted octanol–water partition coefficient (Wildman–Crippen LogP) is 4.84. The standard InChI is InChI=1S/C38H76NO7.HI/c1-5-6-7-8-9-10-11-12-13-14-15-16-17-18-19-20-21-22-23-24-25-26-27-29-34(40)45-32-33-35(41)36(42)37(43)38(46-33)44-31-28-30-39(2,3)4;/h33,35-38,41-43H,5-32H2,1-4H3;1H/q+1;/p-1. The van der Waals surface area contributed by atoms with E-state index in [0.717, 1.165) is 36.7 Å². The van der Waals surface area contributed by atoms with Gasteiger partial charge >= 0.3 is 5.97 Å². The van der Waals surface area contributed by atoms with Gasteiger partial charge in [0, 0.05) is 12.8 Å². The molecule has 1 heterocycles. The highest BCUT2D eigenvalue weighted by atomic mass is 127. The molecule has 9 heteroatoms. The lowest BCUT2D eigenvalue weighted by Crippen LogP contribution is -3.00. The van der Waals surface area contributed by atoms with Crippen molar-refractivity contribution in [1.29, 1.82) is 0 Å². The zero-order chi connectivity index (χ0) is 33.9. The van der Waals surface area contributed by atoms with Gasteiger partial charge in [-0.1, -0.05) is 148 Å². The molecule has 5 atom stereocenters. The summed E-state index contributed by atoms with van der Waals surface area (Å²) in [5.41, 5.74) is 0. The maximum absolute atomic E-state index is 12.2. The molecule has 0 aromatic carbocycles. The average Bonchev–Trinajstić information content (AvgIpc) is 3.02. The molecule has 0 aliphatic carbocycles. The van der Waals surface area contributed by atoms with E-state index in [4.69, 9.17) is 14.2 Å². The van der Waals surface area contributed by atoms with Crippen LogP contribution in [0.3, 0.4) is 0 Å². The molecule has 1 rings (SSSR count). The van der Waals surface area contributed by atoms with Crippen LogP contribution in [0.25, 0.3) is 0 Å². The first-order chi connectivity index (χ1) is 22.2. The van der Waals surface area contributed by atoms with Crippen LogP contribution in [0.1, 0.15) is 167 Å². The van der Waals surface area contributed by atoms with Gasteiger partial charge in [-0.25, -0.2) is 0 Å². The summed E-state index contributed by atoms with van der Waals surface area (Å²) in [5.74, 6) is -0.333.